The number of alkyl halides is 3. The van der Waals surface area contributed by atoms with Crippen molar-refractivity contribution in [3.63, 3.8) is 0 Å². The lowest BCUT2D eigenvalue weighted by Gasteiger charge is -2.35. The highest BCUT2D eigenvalue weighted by molar-refractivity contribution is 6.37. The summed E-state index contributed by atoms with van der Waals surface area (Å²) in [6.07, 6.45) is 0.234. The van der Waals surface area contributed by atoms with Crippen LogP contribution in [-0.2, 0) is 20.8 Å². The summed E-state index contributed by atoms with van der Waals surface area (Å²) < 4.78 is 27.1. The van der Waals surface area contributed by atoms with Gasteiger partial charge < -0.3 is 11.5 Å². The van der Waals surface area contributed by atoms with Gasteiger partial charge in [-0.05, 0) is 35.9 Å². The smallest absolute Gasteiger partial charge is 0.368 e. The quantitative estimate of drug-likeness (QED) is 0.463. The summed E-state index contributed by atoms with van der Waals surface area (Å²) in [5.41, 5.74) is 7.87. The molecule has 2 aliphatic rings. The van der Waals surface area contributed by atoms with Gasteiger partial charge in [-0.15, -0.1) is 0 Å². The van der Waals surface area contributed by atoms with Crippen molar-refractivity contribution in [2.75, 3.05) is 6.54 Å². The van der Waals surface area contributed by atoms with E-state index in [0.29, 0.717) is 0 Å². The second kappa shape index (κ2) is 6.07. The van der Waals surface area contributed by atoms with Crippen molar-refractivity contribution in [2.45, 2.75) is 29.8 Å². The van der Waals surface area contributed by atoms with Gasteiger partial charge in [-0.2, -0.15) is 8.78 Å². The van der Waals surface area contributed by atoms with Gasteiger partial charge in [-0.25, -0.2) is 0 Å². The van der Waals surface area contributed by atoms with Crippen LogP contribution in [0.5, 0.6) is 0 Å². The second-order valence-corrected chi connectivity index (χ2v) is 7.33. The number of nitrogens with two attached hydrogens (primary N) is 2. The number of carbonyl (C=O) groups is 3. The number of benzene rings is 1. The van der Waals surface area contributed by atoms with Crippen molar-refractivity contribution < 1.29 is 23.2 Å². The molecule has 2 fully saturated rings. The Hall–Kier alpha value is -1.90. The topological polar surface area (TPSA) is 115 Å². The van der Waals surface area contributed by atoms with Crippen molar-refractivity contribution in [2.24, 2.45) is 22.8 Å². The third-order valence-corrected chi connectivity index (χ3v) is 5.60. The molecule has 0 radical (unpaired) electrons. The molecule has 1 aliphatic carbocycles. The van der Waals surface area contributed by atoms with Gasteiger partial charge in [0.25, 0.3) is 0 Å². The number of rotatable bonds is 7. The predicted molar refractivity (Wildman–Crippen MR) is 89.4 cm³/mol. The second-order valence-electron chi connectivity index (χ2n) is 6.85. The number of hydrogen-bond donors (Lipinski definition) is 3. The van der Waals surface area contributed by atoms with Gasteiger partial charge in [0.2, 0.25) is 11.7 Å². The molecule has 1 heterocycles. The summed E-state index contributed by atoms with van der Waals surface area (Å²) in [7, 11) is 0. The fraction of sp³-hybridized carbons (Fsp3) is 0.471. The maximum atomic E-state index is 13.6. The Bertz CT molecular complexity index is 770. The maximum absolute atomic E-state index is 13.6. The molecular weight excluding hydrogens is 368 g/mol. The lowest BCUT2D eigenvalue weighted by atomic mass is 9.72. The first-order chi connectivity index (χ1) is 12.1. The molecule has 1 aliphatic heterocycles. The number of amides is 1. The van der Waals surface area contributed by atoms with E-state index in [-0.39, 0.29) is 19.4 Å². The van der Waals surface area contributed by atoms with Crippen molar-refractivity contribution in [3.05, 3.63) is 35.9 Å². The van der Waals surface area contributed by atoms with Crippen LogP contribution in [0.1, 0.15) is 12.0 Å². The fourth-order valence-corrected chi connectivity index (χ4v) is 4.30. The minimum Gasteiger partial charge on any atom is -0.368 e. The molecule has 1 amide bonds. The Morgan fingerprint density at radius 2 is 1.92 bits per heavy atom. The number of halogens is 3. The van der Waals surface area contributed by atoms with Crippen LogP contribution in [0.2, 0.25) is 0 Å². The van der Waals surface area contributed by atoms with Crippen LogP contribution in [0.25, 0.3) is 0 Å². The van der Waals surface area contributed by atoms with E-state index in [0.717, 1.165) is 5.56 Å². The summed E-state index contributed by atoms with van der Waals surface area (Å²) in [4.78, 5) is 37.5. The number of fused-ring (bicyclic) bond motifs is 1. The van der Waals surface area contributed by atoms with E-state index in [1.807, 2.05) is 0 Å². The average Bonchev–Trinajstić information content (AvgIpc) is 3.22. The summed E-state index contributed by atoms with van der Waals surface area (Å²) >= 11 is 4.88. The summed E-state index contributed by atoms with van der Waals surface area (Å²) in [6.45, 7) is 0.0332. The number of nitrogens with one attached hydrogen (secondary N) is 1. The number of carbonyl (C=O) groups excluding carboxylic acids is 3. The minimum absolute atomic E-state index is 0.0332. The normalized spacial score (nSPS) is 31.2. The zero-order valence-electron chi connectivity index (χ0n) is 13.7. The molecule has 0 aromatic heterocycles. The molecule has 6 nitrogen and oxygen atoms in total. The summed E-state index contributed by atoms with van der Waals surface area (Å²) in [5.74, 6) is -4.35. The van der Waals surface area contributed by atoms with Crippen LogP contribution in [0.4, 0.5) is 8.78 Å². The lowest BCUT2D eigenvalue weighted by Crippen LogP contribution is -2.69. The molecule has 3 rings (SSSR count). The number of hydrogen-bond acceptors (Lipinski definition) is 5. The number of primary amides is 1. The van der Waals surface area contributed by atoms with Crippen LogP contribution in [0.15, 0.2) is 30.3 Å². The third-order valence-electron chi connectivity index (χ3n) is 5.43. The van der Waals surface area contributed by atoms with Crippen molar-refractivity contribution in [3.8, 4) is 0 Å². The predicted octanol–water partition coefficient (Wildman–Crippen LogP) is 0.360. The largest absolute Gasteiger partial charge is 0.382 e. The fourth-order valence-electron chi connectivity index (χ4n) is 4.16. The standard InChI is InChI=1S/C17H18ClF2N3O3/c18-17(19,20)13(25)16(14(22)26)15(7-10(15)8-23-16)12(24)11(21)6-9-4-2-1-3-5-9/h1-5,10-11,23H,6-8,21H2,(H2,22,26)/t10?,11-,15?,16?/m0/s1. The van der Waals surface area contributed by atoms with Crippen molar-refractivity contribution in [1.82, 2.24) is 5.32 Å². The molecule has 9 heteroatoms. The third kappa shape index (κ3) is 2.55. The zero-order chi connectivity index (χ0) is 19.3. The molecular formula is C17H18ClF2N3O3. The van der Waals surface area contributed by atoms with Crippen LogP contribution >= 0.6 is 11.6 Å². The van der Waals surface area contributed by atoms with Gasteiger partial charge in [0, 0.05) is 6.54 Å². The first kappa shape index (κ1) is 18.9. The highest BCUT2D eigenvalue weighted by Gasteiger charge is 2.82. The molecule has 0 bridgehead atoms. The van der Waals surface area contributed by atoms with Crippen LogP contribution in [-0.4, -0.2) is 41.0 Å². The van der Waals surface area contributed by atoms with Crippen molar-refractivity contribution >= 4 is 29.1 Å². The molecule has 5 N–H and O–H groups in total. The number of ketones is 2. The monoisotopic (exact) mass is 385 g/mol. The Labute approximate surface area is 153 Å². The highest BCUT2D eigenvalue weighted by Crippen LogP contribution is 2.65. The van der Waals surface area contributed by atoms with E-state index < -0.39 is 45.8 Å². The molecule has 1 saturated carbocycles. The first-order valence-electron chi connectivity index (χ1n) is 8.07. The van der Waals surface area contributed by atoms with Gasteiger partial charge in [-0.1, -0.05) is 30.3 Å². The SMILES string of the molecule is NC(=O)C1(C(=O)C(F)(F)Cl)NCC2CC21C(=O)[C@@H](N)Cc1ccccc1. The Morgan fingerprint density at radius 1 is 1.31 bits per heavy atom. The van der Waals surface area contributed by atoms with Gasteiger partial charge in [0.05, 0.1) is 11.5 Å². The van der Waals surface area contributed by atoms with Gasteiger partial charge >= 0.3 is 5.38 Å². The zero-order valence-corrected chi connectivity index (χ0v) is 14.4. The van der Waals surface area contributed by atoms with Crippen molar-refractivity contribution in [1.29, 1.82) is 0 Å². The molecule has 4 atom stereocenters. The Morgan fingerprint density at radius 3 is 2.42 bits per heavy atom. The van der Waals surface area contributed by atoms with Gasteiger partial charge in [0.1, 0.15) is 0 Å². The molecule has 0 spiro atoms. The highest BCUT2D eigenvalue weighted by atomic mass is 35.5. The van der Waals surface area contributed by atoms with E-state index in [4.69, 9.17) is 23.1 Å². The van der Waals surface area contributed by atoms with E-state index in [1.165, 1.54) is 0 Å². The average molecular weight is 386 g/mol. The maximum Gasteiger partial charge on any atom is 0.382 e. The first-order valence-corrected chi connectivity index (χ1v) is 8.45. The van der Waals surface area contributed by atoms with Crippen LogP contribution in [0.3, 0.4) is 0 Å². The van der Waals surface area contributed by atoms with E-state index in [1.54, 1.807) is 30.3 Å². The number of piperidine rings is 1. The molecule has 26 heavy (non-hydrogen) atoms. The van der Waals surface area contributed by atoms with Gasteiger partial charge in [0.15, 0.2) is 11.3 Å². The summed E-state index contributed by atoms with van der Waals surface area (Å²) in [5, 5.41) is -1.89. The van der Waals surface area contributed by atoms with Crippen LogP contribution < -0.4 is 16.8 Å². The molecule has 140 valence electrons. The molecule has 1 saturated heterocycles. The Kier molecular flexibility index (Phi) is 4.41. The number of Topliss-reactive ketones (excluding diaryl/α,β-unsaturated/α-hetero) is 2. The molecule has 3 unspecified atom stereocenters. The van der Waals surface area contributed by atoms with E-state index >= 15 is 0 Å². The summed E-state index contributed by atoms with van der Waals surface area (Å²) in [6, 6.07) is 7.80. The molecule has 1 aromatic carbocycles. The van der Waals surface area contributed by atoms with E-state index in [9.17, 15) is 23.2 Å². The van der Waals surface area contributed by atoms with Gasteiger partial charge in [-0.3, -0.25) is 19.7 Å². The minimum atomic E-state index is -4.34. The molecule has 1 aromatic rings. The van der Waals surface area contributed by atoms with E-state index in [2.05, 4.69) is 5.32 Å². The Balaban J connectivity index is 1.95. The lowest BCUT2D eigenvalue weighted by molar-refractivity contribution is -0.153. The van der Waals surface area contributed by atoms with Crippen LogP contribution in [0, 0.1) is 11.3 Å².